The summed E-state index contributed by atoms with van der Waals surface area (Å²) < 4.78 is 38.5. The lowest BCUT2D eigenvalue weighted by Gasteiger charge is -2.15. The molecule has 0 aliphatic rings. The Morgan fingerprint density at radius 1 is 0.667 bits per heavy atom. The van der Waals surface area contributed by atoms with Crippen molar-refractivity contribution in [1.29, 1.82) is 0 Å². The number of halogens is 2. The first kappa shape index (κ1) is 24.4. The molecular weight excluding hydrogens is 384 g/mol. The number of hydrogen-bond donors (Lipinski definition) is 0. The van der Waals surface area contributed by atoms with Gasteiger partial charge in [0, 0.05) is 26.0 Å². The standard InChI is InChI=1S/C25H35F2NO2/c26-25(27,24-17-9-10-18-28-24)22-30-21-13-5-12-20-29-19-11-3-1-2-6-14-23-15-7-4-8-16-23/h4,7-10,15-18H,1-3,5-6,11-14,19-22H2. The summed E-state index contributed by atoms with van der Waals surface area (Å²) in [5.41, 5.74) is 1.18. The van der Waals surface area contributed by atoms with Gasteiger partial charge in [-0.3, -0.25) is 4.98 Å². The van der Waals surface area contributed by atoms with Gasteiger partial charge in [-0.1, -0.05) is 55.7 Å². The van der Waals surface area contributed by atoms with Gasteiger partial charge < -0.3 is 9.47 Å². The Balaban J connectivity index is 1.32. The minimum Gasteiger partial charge on any atom is -0.381 e. The summed E-state index contributed by atoms with van der Waals surface area (Å²) in [5.74, 6) is -3.04. The van der Waals surface area contributed by atoms with Crippen molar-refractivity contribution in [3.8, 4) is 0 Å². The van der Waals surface area contributed by atoms with Crippen molar-refractivity contribution in [2.75, 3.05) is 26.4 Å². The molecule has 0 atom stereocenters. The van der Waals surface area contributed by atoms with Crippen LogP contribution < -0.4 is 0 Å². The molecule has 0 aliphatic heterocycles. The number of rotatable bonds is 17. The zero-order valence-corrected chi connectivity index (χ0v) is 17.9. The highest BCUT2D eigenvalue weighted by atomic mass is 19.3. The van der Waals surface area contributed by atoms with Crippen LogP contribution >= 0.6 is 0 Å². The molecule has 2 aromatic rings. The first-order chi connectivity index (χ1) is 14.7. The SMILES string of the molecule is FC(F)(COCCCCCOCCCCCCCc1ccccc1)c1ccccn1. The first-order valence-corrected chi connectivity index (χ1v) is 11.2. The third-order valence-corrected chi connectivity index (χ3v) is 5.00. The normalized spacial score (nSPS) is 11.7. The zero-order valence-electron chi connectivity index (χ0n) is 17.9. The van der Waals surface area contributed by atoms with Crippen LogP contribution in [0.3, 0.4) is 0 Å². The fraction of sp³-hybridized carbons (Fsp3) is 0.560. The maximum Gasteiger partial charge on any atom is 0.312 e. The van der Waals surface area contributed by atoms with Gasteiger partial charge >= 0.3 is 5.92 Å². The first-order valence-electron chi connectivity index (χ1n) is 11.2. The van der Waals surface area contributed by atoms with Crippen molar-refractivity contribution in [3.05, 3.63) is 66.0 Å². The van der Waals surface area contributed by atoms with Crippen LogP contribution in [0.25, 0.3) is 0 Å². The number of unbranched alkanes of at least 4 members (excludes halogenated alkanes) is 6. The fourth-order valence-electron chi connectivity index (χ4n) is 3.25. The monoisotopic (exact) mass is 419 g/mol. The van der Waals surface area contributed by atoms with Crippen LogP contribution in [-0.4, -0.2) is 31.4 Å². The highest BCUT2D eigenvalue weighted by molar-refractivity contribution is 5.14. The number of ether oxygens (including phenoxy) is 2. The van der Waals surface area contributed by atoms with Gasteiger partial charge in [-0.05, 0) is 56.2 Å². The molecule has 0 aliphatic carbocycles. The number of nitrogens with zero attached hydrogens (tertiary/aromatic N) is 1. The average Bonchev–Trinajstić information content (AvgIpc) is 2.77. The lowest BCUT2D eigenvalue weighted by Crippen LogP contribution is -2.22. The second kappa shape index (κ2) is 15.0. The molecule has 0 bridgehead atoms. The van der Waals surface area contributed by atoms with Gasteiger partial charge in [-0.15, -0.1) is 0 Å². The van der Waals surface area contributed by atoms with Crippen LogP contribution in [-0.2, 0) is 21.8 Å². The number of aromatic nitrogens is 1. The highest BCUT2D eigenvalue weighted by Gasteiger charge is 2.33. The van der Waals surface area contributed by atoms with Gasteiger partial charge in [0.2, 0.25) is 0 Å². The van der Waals surface area contributed by atoms with Gasteiger partial charge in [0.1, 0.15) is 12.3 Å². The Labute approximate surface area is 179 Å². The number of hydrogen-bond acceptors (Lipinski definition) is 3. The van der Waals surface area contributed by atoms with Crippen molar-refractivity contribution >= 4 is 0 Å². The topological polar surface area (TPSA) is 31.4 Å². The predicted octanol–water partition coefficient (Wildman–Crippen LogP) is 6.57. The van der Waals surface area contributed by atoms with Crippen LogP contribution in [0, 0.1) is 0 Å². The van der Waals surface area contributed by atoms with Crippen molar-refractivity contribution < 1.29 is 18.3 Å². The van der Waals surface area contributed by atoms with Crippen LogP contribution in [0.2, 0.25) is 0 Å². The maximum absolute atomic E-state index is 13.9. The van der Waals surface area contributed by atoms with E-state index in [1.807, 2.05) is 0 Å². The minimum absolute atomic E-state index is 0.241. The smallest absolute Gasteiger partial charge is 0.312 e. The van der Waals surface area contributed by atoms with E-state index in [2.05, 4.69) is 35.3 Å². The van der Waals surface area contributed by atoms with E-state index in [4.69, 9.17) is 9.47 Å². The molecule has 0 saturated heterocycles. The molecule has 0 amide bonds. The number of pyridine rings is 1. The van der Waals surface area contributed by atoms with E-state index in [9.17, 15) is 8.78 Å². The average molecular weight is 420 g/mol. The molecule has 0 saturated carbocycles. The summed E-state index contributed by atoms with van der Waals surface area (Å²) in [5, 5.41) is 0. The van der Waals surface area contributed by atoms with E-state index in [1.165, 1.54) is 49.9 Å². The molecule has 0 unspecified atom stereocenters. The van der Waals surface area contributed by atoms with Crippen LogP contribution in [0.5, 0.6) is 0 Å². The van der Waals surface area contributed by atoms with E-state index in [0.717, 1.165) is 38.9 Å². The number of aryl methyl sites for hydroxylation is 1. The second-order valence-electron chi connectivity index (χ2n) is 7.65. The molecule has 5 heteroatoms. The molecule has 1 aromatic heterocycles. The predicted molar refractivity (Wildman–Crippen MR) is 117 cm³/mol. The van der Waals surface area contributed by atoms with Crippen molar-refractivity contribution in [2.45, 2.75) is 63.7 Å². The Hall–Kier alpha value is -1.85. The minimum atomic E-state index is -3.04. The number of benzene rings is 1. The Bertz CT molecular complexity index is 653. The maximum atomic E-state index is 13.9. The fourth-order valence-corrected chi connectivity index (χ4v) is 3.25. The number of alkyl halides is 2. The second-order valence-corrected chi connectivity index (χ2v) is 7.65. The summed E-state index contributed by atoms with van der Waals surface area (Å²) in [6.07, 6.45) is 11.3. The lowest BCUT2D eigenvalue weighted by molar-refractivity contribution is -0.0862. The van der Waals surface area contributed by atoms with Gasteiger partial charge in [-0.2, -0.15) is 8.78 Å². The Kier molecular flexibility index (Phi) is 12.2. The molecule has 0 N–H and O–H groups in total. The third kappa shape index (κ3) is 10.8. The molecule has 0 radical (unpaired) electrons. The Morgan fingerprint density at radius 3 is 1.97 bits per heavy atom. The summed E-state index contributed by atoms with van der Waals surface area (Å²) in [6.45, 7) is 1.26. The van der Waals surface area contributed by atoms with Crippen molar-refractivity contribution in [1.82, 2.24) is 4.98 Å². The lowest BCUT2D eigenvalue weighted by atomic mass is 10.1. The summed E-state index contributed by atoms with van der Waals surface area (Å²) in [7, 11) is 0. The molecule has 1 heterocycles. The molecule has 1 aromatic carbocycles. The van der Waals surface area contributed by atoms with Crippen LogP contribution in [0.15, 0.2) is 54.7 Å². The molecule has 30 heavy (non-hydrogen) atoms. The van der Waals surface area contributed by atoms with Gasteiger partial charge in [-0.25, -0.2) is 0 Å². The largest absolute Gasteiger partial charge is 0.381 e. The van der Waals surface area contributed by atoms with Crippen molar-refractivity contribution in [2.24, 2.45) is 0 Å². The van der Waals surface area contributed by atoms with E-state index in [-0.39, 0.29) is 5.69 Å². The molecule has 2 rings (SSSR count). The quantitative estimate of drug-likeness (QED) is 0.272. The molecule has 0 spiro atoms. The van der Waals surface area contributed by atoms with E-state index < -0.39 is 12.5 Å². The van der Waals surface area contributed by atoms with Gasteiger partial charge in [0.05, 0.1) is 0 Å². The third-order valence-electron chi connectivity index (χ3n) is 5.00. The Morgan fingerprint density at radius 2 is 1.27 bits per heavy atom. The summed E-state index contributed by atoms with van der Waals surface area (Å²) in [4.78, 5) is 3.70. The molecular formula is C25H35F2NO2. The van der Waals surface area contributed by atoms with Gasteiger partial charge in [0.15, 0.2) is 0 Å². The van der Waals surface area contributed by atoms with E-state index in [0.29, 0.717) is 6.61 Å². The summed E-state index contributed by atoms with van der Waals surface area (Å²) in [6, 6.07) is 15.1. The van der Waals surface area contributed by atoms with Crippen LogP contribution in [0.4, 0.5) is 8.78 Å². The van der Waals surface area contributed by atoms with E-state index in [1.54, 1.807) is 12.1 Å². The zero-order chi connectivity index (χ0) is 21.3. The molecule has 166 valence electrons. The summed E-state index contributed by atoms with van der Waals surface area (Å²) >= 11 is 0. The van der Waals surface area contributed by atoms with Crippen molar-refractivity contribution in [3.63, 3.8) is 0 Å². The molecule has 0 fully saturated rings. The van der Waals surface area contributed by atoms with Crippen LogP contribution in [0.1, 0.15) is 62.6 Å². The molecule has 3 nitrogen and oxygen atoms in total. The highest BCUT2D eigenvalue weighted by Crippen LogP contribution is 2.26. The van der Waals surface area contributed by atoms with E-state index >= 15 is 0 Å². The van der Waals surface area contributed by atoms with Gasteiger partial charge in [0.25, 0.3) is 0 Å².